The number of hydrogen-bond donors (Lipinski definition) is 1. The molecule has 1 N–H and O–H groups in total. The highest BCUT2D eigenvalue weighted by Gasteiger charge is 2.06. The van der Waals surface area contributed by atoms with Crippen LogP contribution in [-0.2, 0) is 6.54 Å². The van der Waals surface area contributed by atoms with E-state index >= 15 is 0 Å². The fraction of sp³-hybridized carbons (Fsp3) is 0.286. The first-order chi connectivity index (χ1) is 8.65. The maximum atomic E-state index is 5.98. The molecule has 0 aliphatic rings. The Morgan fingerprint density at radius 3 is 2.83 bits per heavy atom. The zero-order valence-electron chi connectivity index (χ0n) is 12.1. The lowest BCUT2D eigenvalue weighted by molar-refractivity contribution is 0.582. The number of rotatable bonds is 5. The van der Waals surface area contributed by atoms with Crippen molar-refractivity contribution in [1.82, 2.24) is 0 Å². The van der Waals surface area contributed by atoms with E-state index in [2.05, 4.69) is 61.0 Å². The van der Waals surface area contributed by atoms with Crippen molar-refractivity contribution in [2.45, 2.75) is 26.6 Å². The molecule has 0 radical (unpaired) electrons. The number of nitrogens with one attached hydrogen (secondary N) is 1. The molecule has 1 heterocycles. The van der Waals surface area contributed by atoms with E-state index in [4.69, 9.17) is 4.43 Å². The zero-order chi connectivity index (χ0) is 13.0. The van der Waals surface area contributed by atoms with Crippen LogP contribution in [0.4, 0.5) is 5.69 Å². The number of benzene rings is 1. The molecule has 2 aromatic rings. The maximum absolute atomic E-state index is 5.98. The highest BCUT2D eigenvalue weighted by Crippen LogP contribution is 2.27. The summed E-state index contributed by atoms with van der Waals surface area (Å²) in [7, 11) is -1.07. The Balaban J connectivity index is 0.00000180. The molecular weight excluding hydrogens is 258 g/mol. The van der Waals surface area contributed by atoms with Crippen molar-refractivity contribution in [2.24, 2.45) is 0 Å². The van der Waals surface area contributed by atoms with Crippen molar-refractivity contribution in [1.29, 1.82) is 0 Å². The van der Waals surface area contributed by atoms with Crippen molar-refractivity contribution in [2.75, 3.05) is 5.32 Å². The second kappa shape index (κ2) is 6.07. The number of anilines is 1. The van der Waals surface area contributed by atoms with Crippen LogP contribution < -0.4 is 9.74 Å². The lowest BCUT2D eigenvalue weighted by atomic mass is 10.2. The van der Waals surface area contributed by atoms with E-state index in [9.17, 15) is 0 Å². The Bertz CT molecular complexity index is 502. The second-order valence-electron chi connectivity index (χ2n) is 4.60. The van der Waals surface area contributed by atoms with Crippen molar-refractivity contribution < 1.29 is 5.85 Å². The summed E-state index contributed by atoms with van der Waals surface area (Å²) in [5.74, 6) is 0.994. The van der Waals surface area contributed by atoms with Crippen LogP contribution in [-0.4, -0.2) is 9.04 Å². The predicted molar refractivity (Wildman–Crippen MR) is 83.4 cm³/mol. The van der Waals surface area contributed by atoms with E-state index in [0.717, 1.165) is 18.0 Å². The summed E-state index contributed by atoms with van der Waals surface area (Å²) in [6.45, 7) is 7.32. The molecule has 0 atom stereocenters. The lowest BCUT2D eigenvalue weighted by Crippen LogP contribution is -2.13. The van der Waals surface area contributed by atoms with Crippen molar-refractivity contribution in [3.05, 3.63) is 46.2 Å². The van der Waals surface area contributed by atoms with Gasteiger partial charge < -0.3 is 9.74 Å². The van der Waals surface area contributed by atoms with Crippen LogP contribution in [0, 0.1) is 6.92 Å². The molecule has 0 unspecified atom stereocenters. The summed E-state index contributed by atoms with van der Waals surface area (Å²) < 4.78 is 5.98. The molecule has 0 bridgehead atoms. The summed E-state index contributed by atoms with van der Waals surface area (Å²) in [4.78, 5) is 1.34. The summed E-state index contributed by atoms with van der Waals surface area (Å²) in [6.07, 6.45) is 0. The standard InChI is InChI=1S/C14H19NOSSi/c1-11-6-7-13(14(9-11)16-18(2)3)15-10-12-5-4-8-17-12/h4-9,15,18H,10H2,1-3H3/p+1. The molecule has 0 amide bonds. The lowest BCUT2D eigenvalue weighted by Gasteiger charge is -2.16. The molecule has 0 aliphatic carbocycles. The van der Waals surface area contributed by atoms with Gasteiger partial charge in [-0.3, -0.25) is 0 Å². The van der Waals surface area contributed by atoms with Gasteiger partial charge in [-0.25, -0.2) is 0 Å². The largest absolute Gasteiger partial charge is 1.00 e. The third-order valence-corrected chi connectivity index (χ3v) is 4.13. The normalized spacial score (nSPS) is 10.7. The second-order valence-corrected chi connectivity index (χ2v) is 7.96. The fourth-order valence-corrected chi connectivity index (χ4v) is 3.07. The smallest absolute Gasteiger partial charge is 0.546 e. The molecule has 1 aromatic carbocycles. The van der Waals surface area contributed by atoms with Gasteiger partial charge in [-0.05, 0) is 49.2 Å². The third kappa shape index (κ3) is 3.61. The van der Waals surface area contributed by atoms with Gasteiger partial charge in [0.15, 0.2) is 0 Å². The van der Waals surface area contributed by atoms with Gasteiger partial charge in [0.1, 0.15) is 5.75 Å². The van der Waals surface area contributed by atoms with Gasteiger partial charge in [-0.15, -0.1) is 11.3 Å². The van der Waals surface area contributed by atoms with E-state index in [1.807, 2.05) is 0 Å². The van der Waals surface area contributed by atoms with Crippen LogP contribution in [0.5, 0.6) is 5.75 Å². The fourth-order valence-electron chi connectivity index (χ4n) is 1.72. The third-order valence-electron chi connectivity index (χ3n) is 2.53. The Morgan fingerprint density at radius 1 is 1.33 bits per heavy atom. The zero-order valence-corrected chi connectivity index (χ0v) is 13.0. The Labute approximate surface area is 116 Å². The number of thiophene rings is 1. The average molecular weight is 278 g/mol. The van der Waals surface area contributed by atoms with Crippen LogP contribution >= 0.6 is 11.3 Å². The molecule has 2 rings (SSSR count). The summed E-state index contributed by atoms with van der Waals surface area (Å²) in [6, 6.07) is 10.6. The van der Waals surface area contributed by atoms with Crippen LogP contribution in [0.1, 0.15) is 11.9 Å². The van der Waals surface area contributed by atoms with Crippen LogP contribution in [0.15, 0.2) is 35.7 Å². The minimum atomic E-state index is -1.07. The molecule has 18 heavy (non-hydrogen) atoms. The molecule has 0 fully saturated rings. The minimum Gasteiger partial charge on any atom is -0.546 e. The van der Waals surface area contributed by atoms with Gasteiger partial charge in [0.05, 0.1) is 5.69 Å². The molecule has 0 saturated carbocycles. The Hall–Kier alpha value is -1.26. The first-order valence-corrected chi connectivity index (χ1v) is 9.85. The number of hydrogen-bond acceptors (Lipinski definition) is 3. The van der Waals surface area contributed by atoms with Gasteiger partial charge in [-0.2, -0.15) is 0 Å². The average Bonchev–Trinajstić information content (AvgIpc) is 2.80. The monoisotopic (exact) mass is 278 g/mol. The van der Waals surface area contributed by atoms with E-state index in [-0.39, 0.29) is 1.43 Å². The molecule has 0 spiro atoms. The van der Waals surface area contributed by atoms with E-state index in [0.29, 0.717) is 0 Å². The molecule has 4 heteroatoms. The van der Waals surface area contributed by atoms with E-state index in [1.54, 1.807) is 11.3 Å². The highest BCUT2D eigenvalue weighted by molar-refractivity contribution is 7.09. The van der Waals surface area contributed by atoms with E-state index < -0.39 is 9.04 Å². The highest BCUT2D eigenvalue weighted by atomic mass is 32.1. The van der Waals surface area contributed by atoms with Gasteiger partial charge in [0.25, 0.3) is 0 Å². The minimum absolute atomic E-state index is 0. The molecule has 0 saturated heterocycles. The Morgan fingerprint density at radius 2 is 2.17 bits per heavy atom. The predicted octanol–water partition coefficient (Wildman–Crippen LogP) is 4.14. The Kier molecular flexibility index (Phi) is 4.44. The van der Waals surface area contributed by atoms with Gasteiger partial charge in [0.2, 0.25) is 9.04 Å². The van der Waals surface area contributed by atoms with Crippen molar-refractivity contribution in [3.63, 3.8) is 0 Å². The summed E-state index contributed by atoms with van der Waals surface area (Å²) in [5, 5.41) is 5.56. The SMILES string of the molecule is Cc1ccc(NCc2cccs2)c(O[SiH](C)C)c1.[H+]. The van der Waals surface area contributed by atoms with Gasteiger partial charge >= 0.3 is 1.43 Å². The van der Waals surface area contributed by atoms with Crippen LogP contribution in [0.25, 0.3) is 0 Å². The maximum Gasteiger partial charge on any atom is 1.00 e. The molecule has 1 aromatic heterocycles. The van der Waals surface area contributed by atoms with Gasteiger partial charge in [0, 0.05) is 11.4 Å². The topological polar surface area (TPSA) is 21.3 Å². The van der Waals surface area contributed by atoms with Crippen LogP contribution in [0.3, 0.4) is 0 Å². The van der Waals surface area contributed by atoms with Crippen molar-refractivity contribution >= 4 is 26.1 Å². The number of aryl methyl sites for hydroxylation is 1. The van der Waals surface area contributed by atoms with E-state index in [1.165, 1.54) is 10.4 Å². The summed E-state index contributed by atoms with van der Waals surface area (Å²) in [5.41, 5.74) is 2.33. The molecule has 2 nitrogen and oxygen atoms in total. The molecule has 0 aliphatic heterocycles. The first-order valence-electron chi connectivity index (χ1n) is 6.18. The molecule has 96 valence electrons. The first kappa shape index (κ1) is 13.2. The quantitative estimate of drug-likeness (QED) is 0.830. The van der Waals surface area contributed by atoms with Gasteiger partial charge in [-0.1, -0.05) is 12.1 Å². The summed E-state index contributed by atoms with van der Waals surface area (Å²) >= 11 is 1.77. The molecular formula is C14H20NOSSi+. The van der Waals surface area contributed by atoms with Crippen molar-refractivity contribution in [3.8, 4) is 5.75 Å². The van der Waals surface area contributed by atoms with Crippen LogP contribution in [0.2, 0.25) is 13.1 Å².